The van der Waals surface area contributed by atoms with Crippen LogP contribution in [0.1, 0.15) is 42.9 Å². The van der Waals surface area contributed by atoms with Gasteiger partial charge in [-0.1, -0.05) is 36.2 Å². The Bertz CT molecular complexity index is 431. The van der Waals surface area contributed by atoms with Gasteiger partial charge in [-0.05, 0) is 57.2 Å². The average Bonchev–Trinajstić information content (AvgIpc) is 3.00. The Hall–Kier alpha value is -0.860. The summed E-state index contributed by atoms with van der Waals surface area (Å²) in [5.74, 6) is 2.03. The fraction of sp³-hybridized carbons (Fsp3) is 0.667. The van der Waals surface area contributed by atoms with Gasteiger partial charge in [-0.3, -0.25) is 0 Å². The van der Waals surface area contributed by atoms with Crippen LogP contribution in [0.2, 0.25) is 0 Å². The summed E-state index contributed by atoms with van der Waals surface area (Å²) in [6.07, 6.45) is 5.66. The van der Waals surface area contributed by atoms with Crippen LogP contribution in [0.15, 0.2) is 24.3 Å². The molecular weight excluding hydrogens is 244 g/mol. The van der Waals surface area contributed by atoms with Crippen molar-refractivity contribution in [1.82, 2.24) is 10.2 Å². The zero-order valence-corrected chi connectivity index (χ0v) is 12.9. The van der Waals surface area contributed by atoms with Crippen molar-refractivity contribution in [2.45, 2.75) is 38.6 Å². The van der Waals surface area contributed by atoms with Gasteiger partial charge in [-0.15, -0.1) is 0 Å². The zero-order chi connectivity index (χ0) is 13.9. The van der Waals surface area contributed by atoms with Crippen LogP contribution in [0, 0.1) is 18.8 Å². The Kier molecular flexibility index (Phi) is 4.42. The minimum atomic E-state index is 0.496. The monoisotopic (exact) mass is 272 g/mol. The van der Waals surface area contributed by atoms with Crippen molar-refractivity contribution in [2.75, 3.05) is 26.7 Å². The van der Waals surface area contributed by atoms with E-state index in [1.54, 1.807) is 0 Å². The largest absolute Gasteiger partial charge is 0.313 e. The van der Waals surface area contributed by atoms with E-state index in [0.29, 0.717) is 6.04 Å². The summed E-state index contributed by atoms with van der Waals surface area (Å²) in [5, 5.41) is 3.49. The number of hydrogen-bond donors (Lipinski definition) is 1. The lowest BCUT2D eigenvalue weighted by molar-refractivity contribution is 0.291. The molecule has 1 aromatic rings. The SMILES string of the molecule is CNC(CCN1CC2CCCC2C1)c1cccc(C)c1. The zero-order valence-electron chi connectivity index (χ0n) is 12.9. The normalized spacial score (nSPS) is 27.7. The minimum Gasteiger partial charge on any atom is -0.313 e. The first-order valence-corrected chi connectivity index (χ1v) is 8.22. The molecular formula is C18H28N2. The molecule has 3 rings (SSSR count). The van der Waals surface area contributed by atoms with Crippen molar-refractivity contribution in [3.05, 3.63) is 35.4 Å². The quantitative estimate of drug-likeness (QED) is 0.884. The second-order valence-electron chi connectivity index (χ2n) is 6.75. The average molecular weight is 272 g/mol. The fourth-order valence-corrected chi connectivity index (χ4v) is 4.19. The molecule has 1 aromatic carbocycles. The van der Waals surface area contributed by atoms with Crippen molar-refractivity contribution in [3.63, 3.8) is 0 Å². The third-order valence-corrected chi connectivity index (χ3v) is 5.33. The summed E-state index contributed by atoms with van der Waals surface area (Å²) in [6, 6.07) is 9.43. The van der Waals surface area contributed by atoms with Crippen molar-refractivity contribution in [3.8, 4) is 0 Å². The van der Waals surface area contributed by atoms with Crippen LogP contribution in [-0.4, -0.2) is 31.6 Å². The van der Waals surface area contributed by atoms with Gasteiger partial charge in [0.25, 0.3) is 0 Å². The van der Waals surface area contributed by atoms with E-state index in [0.717, 1.165) is 11.8 Å². The van der Waals surface area contributed by atoms with E-state index in [1.165, 1.54) is 56.4 Å². The lowest BCUT2D eigenvalue weighted by Gasteiger charge is -2.22. The smallest absolute Gasteiger partial charge is 0.0329 e. The number of aryl methyl sites for hydroxylation is 1. The molecule has 0 amide bonds. The highest BCUT2D eigenvalue weighted by molar-refractivity contribution is 5.25. The van der Waals surface area contributed by atoms with Crippen molar-refractivity contribution >= 4 is 0 Å². The first kappa shape index (κ1) is 14.1. The number of benzene rings is 1. The summed E-state index contributed by atoms with van der Waals surface area (Å²) in [4.78, 5) is 2.70. The highest BCUT2D eigenvalue weighted by Crippen LogP contribution is 2.37. The van der Waals surface area contributed by atoms with Crippen molar-refractivity contribution in [2.24, 2.45) is 11.8 Å². The standard InChI is InChI=1S/C18H28N2/c1-14-5-3-6-15(11-14)18(19-2)9-10-20-12-16-7-4-8-17(16)13-20/h3,5-6,11,16-19H,4,7-10,12-13H2,1-2H3. The van der Waals surface area contributed by atoms with Gasteiger partial charge < -0.3 is 10.2 Å². The fourth-order valence-electron chi connectivity index (χ4n) is 4.19. The second kappa shape index (κ2) is 6.28. The molecule has 1 saturated heterocycles. The molecule has 0 spiro atoms. The maximum absolute atomic E-state index is 3.49. The molecule has 2 heteroatoms. The van der Waals surface area contributed by atoms with E-state index in [4.69, 9.17) is 0 Å². The summed E-state index contributed by atoms with van der Waals surface area (Å²) in [6.45, 7) is 6.13. The Labute approximate surface area is 123 Å². The van der Waals surface area contributed by atoms with Crippen molar-refractivity contribution < 1.29 is 0 Å². The van der Waals surface area contributed by atoms with E-state index in [9.17, 15) is 0 Å². The Morgan fingerprint density at radius 1 is 1.25 bits per heavy atom. The summed E-state index contributed by atoms with van der Waals surface area (Å²) in [7, 11) is 2.09. The highest BCUT2D eigenvalue weighted by atomic mass is 15.2. The molecule has 1 aliphatic carbocycles. The van der Waals surface area contributed by atoms with Crippen LogP contribution in [0.5, 0.6) is 0 Å². The molecule has 2 fully saturated rings. The number of rotatable bonds is 5. The minimum absolute atomic E-state index is 0.496. The molecule has 0 bridgehead atoms. The third kappa shape index (κ3) is 3.07. The molecule has 1 aliphatic heterocycles. The van der Waals surface area contributed by atoms with Gasteiger partial charge in [0.1, 0.15) is 0 Å². The molecule has 20 heavy (non-hydrogen) atoms. The maximum Gasteiger partial charge on any atom is 0.0329 e. The van der Waals surface area contributed by atoms with Crippen LogP contribution in [0.25, 0.3) is 0 Å². The molecule has 3 atom stereocenters. The lowest BCUT2D eigenvalue weighted by Crippen LogP contribution is -2.27. The van der Waals surface area contributed by atoms with Crippen LogP contribution in [0.3, 0.4) is 0 Å². The molecule has 110 valence electrons. The number of hydrogen-bond acceptors (Lipinski definition) is 2. The topological polar surface area (TPSA) is 15.3 Å². The van der Waals surface area contributed by atoms with Crippen LogP contribution in [-0.2, 0) is 0 Å². The van der Waals surface area contributed by atoms with E-state index in [1.807, 2.05) is 0 Å². The van der Waals surface area contributed by atoms with Gasteiger partial charge >= 0.3 is 0 Å². The van der Waals surface area contributed by atoms with Gasteiger partial charge in [0.2, 0.25) is 0 Å². The number of fused-ring (bicyclic) bond motifs is 1. The summed E-state index contributed by atoms with van der Waals surface area (Å²) < 4.78 is 0. The molecule has 1 heterocycles. The molecule has 3 unspecified atom stereocenters. The Morgan fingerprint density at radius 2 is 2.00 bits per heavy atom. The number of nitrogens with one attached hydrogen (secondary N) is 1. The van der Waals surface area contributed by atoms with Crippen LogP contribution < -0.4 is 5.32 Å². The maximum atomic E-state index is 3.49. The van der Waals surface area contributed by atoms with Crippen LogP contribution in [0.4, 0.5) is 0 Å². The van der Waals surface area contributed by atoms with Gasteiger partial charge in [-0.2, -0.15) is 0 Å². The first-order chi connectivity index (χ1) is 9.76. The van der Waals surface area contributed by atoms with Crippen LogP contribution >= 0.6 is 0 Å². The van der Waals surface area contributed by atoms with Gasteiger partial charge in [0.05, 0.1) is 0 Å². The van der Waals surface area contributed by atoms with Gasteiger partial charge in [0, 0.05) is 19.1 Å². The molecule has 0 radical (unpaired) electrons. The predicted molar refractivity (Wildman–Crippen MR) is 84.9 cm³/mol. The second-order valence-corrected chi connectivity index (χ2v) is 6.75. The molecule has 0 aromatic heterocycles. The van der Waals surface area contributed by atoms with Gasteiger partial charge in [0.15, 0.2) is 0 Å². The van der Waals surface area contributed by atoms with E-state index < -0.39 is 0 Å². The first-order valence-electron chi connectivity index (χ1n) is 8.22. The van der Waals surface area contributed by atoms with Crippen molar-refractivity contribution in [1.29, 1.82) is 0 Å². The Balaban J connectivity index is 1.54. The van der Waals surface area contributed by atoms with Gasteiger partial charge in [-0.25, -0.2) is 0 Å². The van der Waals surface area contributed by atoms with E-state index >= 15 is 0 Å². The summed E-state index contributed by atoms with van der Waals surface area (Å²) in [5.41, 5.74) is 2.80. The predicted octanol–water partition coefficient (Wildman–Crippen LogP) is 3.38. The molecule has 1 saturated carbocycles. The third-order valence-electron chi connectivity index (χ3n) is 5.33. The van der Waals surface area contributed by atoms with E-state index in [2.05, 4.69) is 48.5 Å². The number of likely N-dealkylation sites (tertiary alicyclic amines) is 1. The molecule has 2 nitrogen and oxygen atoms in total. The lowest BCUT2D eigenvalue weighted by atomic mass is 10.0. The number of nitrogens with zero attached hydrogens (tertiary/aromatic N) is 1. The summed E-state index contributed by atoms with van der Waals surface area (Å²) >= 11 is 0. The molecule has 1 N–H and O–H groups in total. The highest BCUT2D eigenvalue weighted by Gasteiger charge is 2.35. The van der Waals surface area contributed by atoms with E-state index in [-0.39, 0.29) is 0 Å². The Morgan fingerprint density at radius 3 is 2.65 bits per heavy atom. The molecule has 2 aliphatic rings.